The van der Waals surface area contributed by atoms with Gasteiger partial charge in [0, 0.05) is 11.8 Å². The molecule has 0 atom stereocenters. The zero-order chi connectivity index (χ0) is 16.3. The molecule has 0 saturated heterocycles. The van der Waals surface area contributed by atoms with E-state index in [0.29, 0.717) is 6.07 Å². The standard InChI is InChI=1S/C17H20F2N2O/c1-4-5-6-7-14-11(2)20-21(12(14)3)17(22)15-9-8-13(18)10-16(15)19/h8-10H,4-7H2,1-3H3. The van der Waals surface area contributed by atoms with Crippen molar-refractivity contribution in [2.75, 3.05) is 0 Å². The Morgan fingerprint density at radius 1 is 1.23 bits per heavy atom. The summed E-state index contributed by atoms with van der Waals surface area (Å²) in [6, 6.07) is 2.94. The number of rotatable bonds is 5. The number of hydrogen-bond acceptors (Lipinski definition) is 2. The van der Waals surface area contributed by atoms with E-state index >= 15 is 0 Å². The van der Waals surface area contributed by atoms with Gasteiger partial charge >= 0.3 is 0 Å². The van der Waals surface area contributed by atoms with Crippen molar-refractivity contribution in [1.29, 1.82) is 0 Å². The van der Waals surface area contributed by atoms with Gasteiger partial charge in [0.05, 0.1) is 11.3 Å². The summed E-state index contributed by atoms with van der Waals surface area (Å²) in [5.41, 5.74) is 2.36. The molecular formula is C17H20F2N2O. The maximum atomic E-state index is 13.8. The van der Waals surface area contributed by atoms with Gasteiger partial charge in [0.25, 0.3) is 5.91 Å². The molecule has 1 aromatic heterocycles. The van der Waals surface area contributed by atoms with Gasteiger partial charge in [-0.05, 0) is 44.4 Å². The van der Waals surface area contributed by atoms with Gasteiger partial charge < -0.3 is 0 Å². The third-order valence-corrected chi connectivity index (χ3v) is 3.83. The van der Waals surface area contributed by atoms with E-state index in [1.165, 1.54) is 4.68 Å². The number of nitrogens with zero attached hydrogens (tertiary/aromatic N) is 2. The van der Waals surface area contributed by atoms with Crippen molar-refractivity contribution < 1.29 is 13.6 Å². The van der Waals surface area contributed by atoms with Crippen LogP contribution in [0.5, 0.6) is 0 Å². The second-order valence-corrected chi connectivity index (χ2v) is 5.45. The van der Waals surface area contributed by atoms with Crippen molar-refractivity contribution in [1.82, 2.24) is 9.78 Å². The zero-order valence-electron chi connectivity index (χ0n) is 13.1. The maximum Gasteiger partial charge on any atom is 0.281 e. The van der Waals surface area contributed by atoms with E-state index in [1.54, 1.807) is 6.92 Å². The van der Waals surface area contributed by atoms with Gasteiger partial charge in [-0.2, -0.15) is 5.10 Å². The van der Waals surface area contributed by atoms with Crippen molar-refractivity contribution in [3.63, 3.8) is 0 Å². The highest BCUT2D eigenvalue weighted by Gasteiger charge is 2.20. The minimum Gasteiger partial charge on any atom is -0.267 e. The quantitative estimate of drug-likeness (QED) is 0.776. The Bertz CT molecular complexity index is 692. The predicted molar refractivity (Wildman–Crippen MR) is 81.0 cm³/mol. The molecule has 1 heterocycles. The van der Waals surface area contributed by atoms with Gasteiger partial charge in [0.2, 0.25) is 0 Å². The summed E-state index contributed by atoms with van der Waals surface area (Å²) in [5, 5.41) is 4.24. The molecule has 0 bridgehead atoms. The molecule has 5 heteroatoms. The Labute approximate surface area is 129 Å². The molecule has 118 valence electrons. The number of halogens is 2. The minimum atomic E-state index is -0.870. The van der Waals surface area contributed by atoms with Gasteiger partial charge in [-0.3, -0.25) is 4.79 Å². The Hall–Kier alpha value is -2.04. The Morgan fingerprint density at radius 3 is 2.59 bits per heavy atom. The van der Waals surface area contributed by atoms with Crippen LogP contribution < -0.4 is 0 Å². The van der Waals surface area contributed by atoms with Crippen LogP contribution in [0.25, 0.3) is 0 Å². The number of aromatic nitrogens is 2. The van der Waals surface area contributed by atoms with Crippen molar-refractivity contribution >= 4 is 5.91 Å². The highest BCUT2D eigenvalue weighted by Crippen LogP contribution is 2.19. The van der Waals surface area contributed by atoms with Crippen LogP contribution in [-0.4, -0.2) is 15.7 Å². The van der Waals surface area contributed by atoms with E-state index in [4.69, 9.17) is 0 Å². The molecule has 0 N–H and O–H groups in total. The van der Waals surface area contributed by atoms with Crippen molar-refractivity contribution in [2.45, 2.75) is 46.5 Å². The van der Waals surface area contributed by atoms with Crippen molar-refractivity contribution in [2.24, 2.45) is 0 Å². The lowest BCUT2D eigenvalue weighted by Gasteiger charge is -2.06. The fraction of sp³-hybridized carbons (Fsp3) is 0.412. The molecule has 1 aromatic carbocycles. The summed E-state index contributed by atoms with van der Waals surface area (Å²) in [6.45, 7) is 5.78. The number of aryl methyl sites for hydroxylation is 1. The molecule has 0 radical (unpaired) electrons. The second kappa shape index (κ2) is 6.81. The van der Waals surface area contributed by atoms with Gasteiger partial charge in [0.15, 0.2) is 0 Å². The molecule has 0 saturated carbocycles. The number of benzene rings is 1. The molecule has 2 aromatic rings. The van der Waals surface area contributed by atoms with Crippen LogP contribution in [0.15, 0.2) is 18.2 Å². The topological polar surface area (TPSA) is 34.9 Å². The molecule has 0 unspecified atom stereocenters. The predicted octanol–water partition coefficient (Wildman–Crippen LogP) is 4.20. The SMILES string of the molecule is CCCCCc1c(C)nn(C(=O)c2ccc(F)cc2F)c1C. The van der Waals surface area contributed by atoms with Gasteiger partial charge in [-0.1, -0.05) is 19.8 Å². The normalized spacial score (nSPS) is 11.0. The van der Waals surface area contributed by atoms with Gasteiger partial charge in [-0.15, -0.1) is 0 Å². The second-order valence-electron chi connectivity index (χ2n) is 5.45. The number of carbonyl (C=O) groups is 1. The third-order valence-electron chi connectivity index (χ3n) is 3.83. The fourth-order valence-electron chi connectivity index (χ4n) is 2.56. The van der Waals surface area contributed by atoms with Crippen LogP contribution in [0.4, 0.5) is 8.78 Å². The van der Waals surface area contributed by atoms with E-state index in [2.05, 4.69) is 12.0 Å². The highest BCUT2D eigenvalue weighted by molar-refractivity contribution is 5.96. The lowest BCUT2D eigenvalue weighted by atomic mass is 10.1. The van der Waals surface area contributed by atoms with Crippen LogP contribution >= 0.6 is 0 Å². The summed E-state index contributed by atoms with van der Waals surface area (Å²) < 4.78 is 27.9. The van der Waals surface area contributed by atoms with Gasteiger partial charge in [-0.25, -0.2) is 13.5 Å². The Balaban J connectivity index is 2.32. The Morgan fingerprint density at radius 2 is 1.95 bits per heavy atom. The molecule has 2 rings (SSSR count). The van der Waals surface area contributed by atoms with Crippen molar-refractivity contribution in [3.05, 3.63) is 52.3 Å². The molecule has 0 aliphatic carbocycles. The summed E-state index contributed by atoms with van der Waals surface area (Å²) in [4.78, 5) is 12.4. The van der Waals surface area contributed by atoms with Crippen molar-refractivity contribution in [3.8, 4) is 0 Å². The summed E-state index contributed by atoms with van der Waals surface area (Å²) >= 11 is 0. The summed E-state index contributed by atoms with van der Waals surface area (Å²) in [6.07, 6.45) is 4.12. The molecule has 3 nitrogen and oxygen atoms in total. The number of hydrogen-bond donors (Lipinski definition) is 0. The monoisotopic (exact) mass is 306 g/mol. The first-order chi connectivity index (χ1) is 10.5. The minimum absolute atomic E-state index is 0.174. The summed E-state index contributed by atoms with van der Waals surface area (Å²) in [5.74, 6) is -2.15. The van der Waals surface area contributed by atoms with Gasteiger partial charge in [0.1, 0.15) is 11.6 Å². The first-order valence-electron chi connectivity index (χ1n) is 7.50. The molecule has 0 fully saturated rings. The average molecular weight is 306 g/mol. The molecule has 0 spiro atoms. The first-order valence-corrected chi connectivity index (χ1v) is 7.50. The van der Waals surface area contributed by atoms with Crippen LogP contribution in [-0.2, 0) is 6.42 Å². The highest BCUT2D eigenvalue weighted by atomic mass is 19.1. The molecule has 0 amide bonds. The third kappa shape index (κ3) is 3.24. The van der Waals surface area contributed by atoms with E-state index in [0.717, 1.165) is 54.8 Å². The lowest BCUT2D eigenvalue weighted by molar-refractivity contribution is 0.0938. The largest absolute Gasteiger partial charge is 0.281 e. The van der Waals surface area contributed by atoms with E-state index in [-0.39, 0.29) is 5.56 Å². The first kappa shape index (κ1) is 16.3. The Kier molecular flexibility index (Phi) is 5.06. The molecular weight excluding hydrogens is 286 g/mol. The number of unbranched alkanes of at least 4 members (excludes halogenated alkanes) is 2. The molecule has 0 aliphatic rings. The average Bonchev–Trinajstić information content (AvgIpc) is 2.75. The molecule has 0 aliphatic heterocycles. The van der Waals surface area contributed by atoms with E-state index < -0.39 is 17.5 Å². The number of carbonyl (C=O) groups excluding carboxylic acids is 1. The lowest BCUT2D eigenvalue weighted by Crippen LogP contribution is -2.17. The smallest absolute Gasteiger partial charge is 0.267 e. The molecule has 22 heavy (non-hydrogen) atoms. The van der Waals surface area contributed by atoms with E-state index in [1.807, 2.05) is 6.92 Å². The van der Waals surface area contributed by atoms with Crippen LogP contribution in [0.3, 0.4) is 0 Å². The zero-order valence-corrected chi connectivity index (χ0v) is 13.1. The summed E-state index contributed by atoms with van der Waals surface area (Å²) in [7, 11) is 0. The van der Waals surface area contributed by atoms with E-state index in [9.17, 15) is 13.6 Å². The fourth-order valence-corrected chi connectivity index (χ4v) is 2.56. The van der Waals surface area contributed by atoms with Crippen LogP contribution in [0.1, 0.15) is 53.5 Å². The van der Waals surface area contributed by atoms with Crippen LogP contribution in [0.2, 0.25) is 0 Å². The maximum absolute atomic E-state index is 13.8. The van der Waals surface area contributed by atoms with Crippen LogP contribution in [0, 0.1) is 25.5 Å².